The number of aromatic nitrogens is 5. The van der Waals surface area contributed by atoms with E-state index in [0.717, 1.165) is 41.7 Å². The van der Waals surface area contributed by atoms with Crippen LogP contribution in [0.3, 0.4) is 0 Å². The minimum absolute atomic E-state index is 0.0115. The minimum Gasteiger partial charge on any atom is -0.322 e. The van der Waals surface area contributed by atoms with Gasteiger partial charge in [-0.1, -0.05) is 32.8 Å². The molecule has 3 aromatic heterocycles. The van der Waals surface area contributed by atoms with Crippen molar-refractivity contribution in [2.75, 3.05) is 0 Å². The number of benzene rings is 1. The number of tetrazole rings is 1. The van der Waals surface area contributed by atoms with Crippen molar-refractivity contribution in [2.24, 2.45) is 5.92 Å². The first kappa shape index (κ1) is 23.9. The summed E-state index contributed by atoms with van der Waals surface area (Å²) in [6.45, 7) is 9.89. The first-order chi connectivity index (χ1) is 16.9. The summed E-state index contributed by atoms with van der Waals surface area (Å²) in [5.41, 5.74) is 4.02. The third-order valence-corrected chi connectivity index (χ3v) is 8.19. The van der Waals surface area contributed by atoms with E-state index in [1.807, 2.05) is 0 Å². The lowest BCUT2D eigenvalue weighted by molar-refractivity contribution is 0.124. The molecule has 0 amide bonds. The van der Waals surface area contributed by atoms with E-state index in [1.165, 1.54) is 28.8 Å². The quantitative estimate of drug-likeness (QED) is 0.342. The fourth-order valence-electron chi connectivity index (χ4n) is 5.40. The van der Waals surface area contributed by atoms with Crippen LogP contribution in [-0.4, -0.2) is 30.1 Å². The number of nitrogens with one attached hydrogen (secondary N) is 1. The molecule has 0 unspecified atom stereocenters. The summed E-state index contributed by atoms with van der Waals surface area (Å²) in [5, 5.41) is 16.2. The van der Waals surface area contributed by atoms with Gasteiger partial charge < -0.3 is 4.98 Å². The third kappa shape index (κ3) is 4.95. The summed E-state index contributed by atoms with van der Waals surface area (Å²) in [6, 6.07) is 10.9. The van der Waals surface area contributed by atoms with Crippen molar-refractivity contribution in [3.8, 4) is 0 Å². The lowest BCUT2D eigenvalue weighted by Crippen LogP contribution is -2.35. The van der Waals surface area contributed by atoms with Crippen LogP contribution in [0, 0.1) is 19.8 Å². The average Bonchev–Trinajstić information content (AvgIpc) is 3.58. The summed E-state index contributed by atoms with van der Waals surface area (Å²) in [4.78, 5) is 20.0. The average molecular weight is 491 g/mol. The highest BCUT2D eigenvalue weighted by molar-refractivity contribution is 7.09. The molecule has 0 bridgehead atoms. The second kappa shape index (κ2) is 10.0. The van der Waals surface area contributed by atoms with Crippen LogP contribution >= 0.6 is 11.3 Å². The summed E-state index contributed by atoms with van der Waals surface area (Å²) >= 11 is 1.74. The lowest BCUT2D eigenvalue weighted by Gasteiger charge is -2.33. The SMILES string of the molecule is Cc1cc2cc(CN(Cc3cccs3)[C@@H](c3nnnn3C3CCCC3)C(C)C)c(=O)[nH]c2cc1C. The van der Waals surface area contributed by atoms with E-state index >= 15 is 0 Å². The van der Waals surface area contributed by atoms with Gasteiger partial charge in [0.1, 0.15) is 0 Å². The zero-order valence-corrected chi connectivity index (χ0v) is 21.8. The molecule has 1 aromatic carbocycles. The van der Waals surface area contributed by atoms with Crippen molar-refractivity contribution in [3.05, 3.63) is 73.5 Å². The van der Waals surface area contributed by atoms with Crippen molar-refractivity contribution in [1.82, 2.24) is 30.1 Å². The number of aromatic amines is 1. The van der Waals surface area contributed by atoms with Crippen molar-refractivity contribution < 1.29 is 0 Å². The molecule has 7 nitrogen and oxygen atoms in total. The normalized spacial score (nSPS) is 15.6. The summed E-state index contributed by atoms with van der Waals surface area (Å²) in [6.07, 6.45) is 4.69. The Hall–Kier alpha value is -2.84. The van der Waals surface area contributed by atoms with Gasteiger partial charge in [0.25, 0.3) is 5.56 Å². The van der Waals surface area contributed by atoms with Gasteiger partial charge in [-0.3, -0.25) is 9.69 Å². The predicted octanol–water partition coefficient (Wildman–Crippen LogP) is 5.71. The van der Waals surface area contributed by atoms with Crippen LogP contribution in [0.15, 0.2) is 40.5 Å². The number of thiophene rings is 1. The van der Waals surface area contributed by atoms with Crippen LogP contribution in [0.4, 0.5) is 0 Å². The highest BCUT2D eigenvalue weighted by Crippen LogP contribution is 2.35. The molecule has 0 radical (unpaired) electrons. The molecule has 35 heavy (non-hydrogen) atoms. The molecule has 1 fully saturated rings. The maximum absolute atomic E-state index is 13.2. The standard InChI is InChI=1S/C27H34N6OS/c1-17(2)25(26-29-30-31-33(26)22-8-5-6-9-22)32(16-23-10-7-11-35-23)15-21-14-20-12-18(3)19(4)13-24(20)28-27(21)34/h7,10-14,17,22,25H,5-6,8-9,15-16H2,1-4H3,(H,28,34)/t25-/m1/s1. The molecular formula is C27H34N6OS. The van der Waals surface area contributed by atoms with Crippen LogP contribution in [0.25, 0.3) is 10.9 Å². The summed E-state index contributed by atoms with van der Waals surface area (Å²) in [7, 11) is 0. The molecule has 8 heteroatoms. The largest absolute Gasteiger partial charge is 0.322 e. The number of pyridine rings is 1. The van der Waals surface area contributed by atoms with Gasteiger partial charge in [0.05, 0.1) is 12.1 Å². The Morgan fingerprint density at radius 2 is 1.91 bits per heavy atom. The van der Waals surface area contributed by atoms with Crippen LogP contribution in [-0.2, 0) is 13.1 Å². The van der Waals surface area contributed by atoms with E-state index < -0.39 is 0 Å². The second-order valence-corrected chi connectivity index (χ2v) is 11.3. The van der Waals surface area contributed by atoms with Gasteiger partial charge in [0.15, 0.2) is 5.82 Å². The van der Waals surface area contributed by atoms with E-state index in [-0.39, 0.29) is 17.5 Å². The van der Waals surface area contributed by atoms with Gasteiger partial charge in [-0.2, -0.15) is 0 Å². The van der Waals surface area contributed by atoms with Gasteiger partial charge in [-0.25, -0.2) is 4.68 Å². The van der Waals surface area contributed by atoms with Gasteiger partial charge >= 0.3 is 0 Å². The molecule has 0 saturated heterocycles. The van der Waals surface area contributed by atoms with Crippen LogP contribution in [0.5, 0.6) is 0 Å². The molecule has 5 rings (SSSR count). The van der Waals surface area contributed by atoms with Gasteiger partial charge in [0.2, 0.25) is 0 Å². The molecule has 0 aliphatic heterocycles. The lowest BCUT2D eigenvalue weighted by atomic mass is 9.99. The van der Waals surface area contributed by atoms with E-state index in [0.29, 0.717) is 12.6 Å². The second-order valence-electron chi connectivity index (χ2n) is 10.2. The fraction of sp³-hybridized carbons (Fsp3) is 0.481. The Kier molecular flexibility index (Phi) is 6.84. The topological polar surface area (TPSA) is 79.7 Å². The maximum atomic E-state index is 13.2. The van der Waals surface area contributed by atoms with Crippen LogP contribution in [0.1, 0.15) is 79.0 Å². The zero-order valence-electron chi connectivity index (χ0n) is 21.0. The van der Waals surface area contributed by atoms with E-state index in [9.17, 15) is 4.79 Å². The first-order valence-electron chi connectivity index (χ1n) is 12.6. The van der Waals surface area contributed by atoms with E-state index in [1.54, 1.807) is 11.3 Å². The monoisotopic (exact) mass is 490 g/mol. The number of rotatable bonds is 8. The molecule has 1 aliphatic carbocycles. The number of hydrogen-bond acceptors (Lipinski definition) is 6. The summed E-state index contributed by atoms with van der Waals surface area (Å²) in [5.74, 6) is 1.18. The highest BCUT2D eigenvalue weighted by atomic mass is 32.1. The molecule has 1 N–H and O–H groups in total. The van der Waals surface area contributed by atoms with Gasteiger partial charge in [-0.15, -0.1) is 16.4 Å². The Balaban J connectivity index is 1.56. The van der Waals surface area contributed by atoms with E-state index in [2.05, 4.69) is 93.5 Å². The molecule has 0 spiro atoms. The Morgan fingerprint density at radius 3 is 2.63 bits per heavy atom. The van der Waals surface area contributed by atoms with Crippen LogP contribution < -0.4 is 5.56 Å². The number of aryl methyl sites for hydroxylation is 2. The van der Waals surface area contributed by atoms with Crippen molar-refractivity contribution in [3.63, 3.8) is 0 Å². The molecule has 1 aliphatic rings. The fourth-order valence-corrected chi connectivity index (χ4v) is 6.13. The number of H-pyrrole nitrogens is 1. The Morgan fingerprint density at radius 1 is 1.14 bits per heavy atom. The zero-order chi connectivity index (χ0) is 24.5. The van der Waals surface area contributed by atoms with Gasteiger partial charge in [-0.05, 0) is 89.2 Å². The Bertz CT molecular complexity index is 1350. The number of hydrogen-bond donors (Lipinski definition) is 1. The number of nitrogens with zero attached hydrogens (tertiary/aromatic N) is 5. The van der Waals surface area contributed by atoms with E-state index in [4.69, 9.17) is 0 Å². The van der Waals surface area contributed by atoms with Gasteiger partial charge in [0, 0.05) is 29.0 Å². The van der Waals surface area contributed by atoms with Crippen molar-refractivity contribution >= 4 is 22.2 Å². The molecule has 184 valence electrons. The maximum Gasteiger partial charge on any atom is 0.252 e. The van der Waals surface area contributed by atoms with Crippen molar-refractivity contribution in [2.45, 2.75) is 78.6 Å². The minimum atomic E-state index is -0.0326. The third-order valence-electron chi connectivity index (χ3n) is 7.33. The number of fused-ring (bicyclic) bond motifs is 1. The molecule has 3 heterocycles. The smallest absolute Gasteiger partial charge is 0.252 e. The molecule has 4 aromatic rings. The Labute approximate surface area is 210 Å². The van der Waals surface area contributed by atoms with Crippen molar-refractivity contribution in [1.29, 1.82) is 0 Å². The predicted molar refractivity (Wildman–Crippen MR) is 141 cm³/mol. The highest BCUT2D eigenvalue weighted by Gasteiger charge is 2.32. The molecular weight excluding hydrogens is 456 g/mol. The molecule has 1 atom stereocenters. The van der Waals surface area contributed by atoms with Crippen LogP contribution in [0.2, 0.25) is 0 Å². The summed E-state index contributed by atoms with van der Waals surface area (Å²) < 4.78 is 2.07. The molecule has 1 saturated carbocycles. The first-order valence-corrected chi connectivity index (χ1v) is 13.5.